The van der Waals surface area contributed by atoms with Crippen molar-refractivity contribution >= 4 is 23.5 Å². The molecule has 5 heteroatoms. The number of hydrogen-bond donors (Lipinski definition) is 2. The molecule has 19 heavy (non-hydrogen) atoms. The molecule has 1 amide bonds. The first-order valence-corrected chi connectivity index (χ1v) is 6.51. The van der Waals surface area contributed by atoms with Gasteiger partial charge >= 0.3 is 0 Å². The van der Waals surface area contributed by atoms with Gasteiger partial charge in [-0.2, -0.15) is 0 Å². The van der Waals surface area contributed by atoms with Gasteiger partial charge in [0.2, 0.25) is 11.9 Å². The molecule has 1 atom stereocenters. The minimum Gasteiger partial charge on any atom is -0.331 e. The van der Waals surface area contributed by atoms with Crippen LogP contribution in [0.1, 0.15) is 25.3 Å². The molecule has 0 saturated carbocycles. The molecule has 0 saturated heterocycles. The van der Waals surface area contributed by atoms with E-state index in [0.717, 1.165) is 5.56 Å². The second kappa shape index (κ2) is 5.89. The fraction of sp³-hybridized carbons (Fsp3) is 0.286. The maximum Gasteiger partial charge on any atom is 0.234 e. The van der Waals surface area contributed by atoms with Gasteiger partial charge in [0.25, 0.3) is 0 Å². The lowest BCUT2D eigenvalue weighted by Crippen LogP contribution is -2.25. The standard InChI is InChI=1S/C14H16ClN3O/c1-9(2)12(10-3-5-11(15)6-4-10)13(19)18-14-16-7-8-17-14/h3-9,12H,1-2H3,(H2,16,17,18,19). The first kappa shape index (κ1) is 13.6. The second-order valence-electron chi connectivity index (χ2n) is 4.70. The van der Waals surface area contributed by atoms with E-state index in [4.69, 9.17) is 11.6 Å². The number of nitrogens with one attached hydrogen (secondary N) is 2. The van der Waals surface area contributed by atoms with E-state index in [9.17, 15) is 4.79 Å². The summed E-state index contributed by atoms with van der Waals surface area (Å²) in [6.45, 7) is 4.03. The maximum absolute atomic E-state index is 12.3. The molecule has 2 aromatic rings. The van der Waals surface area contributed by atoms with Crippen LogP contribution >= 0.6 is 11.6 Å². The zero-order valence-electron chi connectivity index (χ0n) is 10.9. The van der Waals surface area contributed by atoms with E-state index in [-0.39, 0.29) is 17.7 Å². The third-order valence-electron chi connectivity index (χ3n) is 2.92. The van der Waals surface area contributed by atoms with Crippen molar-refractivity contribution in [2.24, 2.45) is 5.92 Å². The Morgan fingerprint density at radius 3 is 2.53 bits per heavy atom. The summed E-state index contributed by atoms with van der Waals surface area (Å²) in [6.07, 6.45) is 3.27. The predicted octanol–water partition coefficient (Wildman–Crippen LogP) is 3.44. The Morgan fingerprint density at radius 1 is 1.32 bits per heavy atom. The van der Waals surface area contributed by atoms with Gasteiger partial charge in [-0.25, -0.2) is 4.98 Å². The normalized spacial score (nSPS) is 12.4. The highest BCUT2D eigenvalue weighted by Crippen LogP contribution is 2.26. The van der Waals surface area contributed by atoms with Gasteiger partial charge in [-0.05, 0) is 23.6 Å². The average molecular weight is 278 g/mol. The number of H-pyrrole nitrogens is 1. The quantitative estimate of drug-likeness (QED) is 0.899. The lowest BCUT2D eigenvalue weighted by atomic mass is 9.88. The maximum atomic E-state index is 12.3. The molecule has 0 bridgehead atoms. The number of aromatic nitrogens is 2. The third kappa shape index (κ3) is 3.35. The van der Waals surface area contributed by atoms with Crippen LogP contribution < -0.4 is 5.32 Å². The van der Waals surface area contributed by atoms with Crippen molar-refractivity contribution < 1.29 is 4.79 Å². The molecule has 100 valence electrons. The molecular weight excluding hydrogens is 262 g/mol. The van der Waals surface area contributed by atoms with Gasteiger partial charge in [-0.1, -0.05) is 37.6 Å². The Kier molecular flexibility index (Phi) is 4.22. The topological polar surface area (TPSA) is 57.8 Å². The fourth-order valence-electron chi connectivity index (χ4n) is 2.04. The van der Waals surface area contributed by atoms with Crippen LogP contribution in [0.4, 0.5) is 5.95 Å². The summed E-state index contributed by atoms with van der Waals surface area (Å²) in [4.78, 5) is 19.2. The molecule has 0 aliphatic heterocycles. The van der Waals surface area contributed by atoms with E-state index in [1.165, 1.54) is 0 Å². The van der Waals surface area contributed by atoms with Crippen molar-refractivity contribution in [3.63, 3.8) is 0 Å². The van der Waals surface area contributed by atoms with Crippen molar-refractivity contribution in [3.8, 4) is 0 Å². The fourth-order valence-corrected chi connectivity index (χ4v) is 2.16. The number of aromatic amines is 1. The summed E-state index contributed by atoms with van der Waals surface area (Å²) in [6, 6.07) is 7.36. The molecule has 1 aromatic heterocycles. The molecule has 2 rings (SSSR count). The van der Waals surface area contributed by atoms with Gasteiger partial charge in [-0.15, -0.1) is 0 Å². The van der Waals surface area contributed by atoms with Gasteiger partial charge in [0.15, 0.2) is 0 Å². The highest BCUT2D eigenvalue weighted by molar-refractivity contribution is 6.30. The second-order valence-corrected chi connectivity index (χ2v) is 5.14. The van der Waals surface area contributed by atoms with Gasteiger partial charge in [0, 0.05) is 17.4 Å². The Hall–Kier alpha value is -1.81. The molecule has 4 nitrogen and oxygen atoms in total. The van der Waals surface area contributed by atoms with Gasteiger partial charge < -0.3 is 4.98 Å². The minimum atomic E-state index is -0.234. The molecule has 1 unspecified atom stereocenters. The van der Waals surface area contributed by atoms with Gasteiger partial charge in [0.1, 0.15) is 0 Å². The summed E-state index contributed by atoms with van der Waals surface area (Å²) in [5.74, 6) is 0.329. The average Bonchev–Trinajstić information content (AvgIpc) is 2.84. The van der Waals surface area contributed by atoms with Gasteiger partial charge in [-0.3, -0.25) is 10.1 Å². The highest BCUT2D eigenvalue weighted by atomic mass is 35.5. The van der Waals surface area contributed by atoms with Crippen LogP contribution in [0, 0.1) is 5.92 Å². The summed E-state index contributed by atoms with van der Waals surface area (Å²) < 4.78 is 0. The first-order chi connectivity index (χ1) is 9.08. The molecule has 2 N–H and O–H groups in total. The molecule has 0 radical (unpaired) electrons. The number of benzene rings is 1. The van der Waals surface area contributed by atoms with E-state index in [0.29, 0.717) is 11.0 Å². The monoisotopic (exact) mass is 277 g/mol. The SMILES string of the molecule is CC(C)C(C(=O)Nc1ncc[nH]1)c1ccc(Cl)cc1. The number of carbonyl (C=O) groups excluding carboxylic acids is 1. The summed E-state index contributed by atoms with van der Waals surface area (Å²) in [5, 5.41) is 3.44. The lowest BCUT2D eigenvalue weighted by molar-refractivity contribution is -0.118. The molecule has 1 heterocycles. The molecule has 0 fully saturated rings. The smallest absolute Gasteiger partial charge is 0.234 e. The van der Waals surface area contributed by atoms with E-state index in [1.54, 1.807) is 24.5 Å². The Labute approximate surface area is 117 Å². The summed E-state index contributed by atoms with van der Waals surface area (Å²) in [5.41, 5.74) is 0.948. The number of imidazole rings is 1. The summed E-state index contributed by atoms with van der Waals surface area (Å²) in [7, 11) is 0. The zero-order valence-corrected chi connectivity index (χ0v) is 11.6. The third-order valence-corrected chi connectivity index (χ3v) is 3.17. The Bertz CT molecular complexity index is 534. The van der Waals surface area contributed by atoms with Crippen LogP contribution in [0.3, 0.4) is 0 Å². The Balaban J connectivity index is 2.20. The van der Waals surface area contributed by atoms with E-state index in [2.05, 4.69) is 15.3 Å². The number of halogens is 1. The molecule has 0 spiro atoms. The van der Waals surface area contributed by atoms with Crippen LogP contribution in [0.15, 0.2) is 36.7 Å². The number of hydrogen-bond acceptors (Lipinski definition) is 2. The van der Waals surface area contributed by atoms with Crippen LogP contribution in [-0.2, 0) is 4.79 Å². The highest BCUT2D eigenvalue weighted by Gasteiger charge is 2.24. The lowest BCUT2D eigenvalue weighted by Gasteiger charge is -2.20. The number of anilines is 1. The van der Waals surface area contributed by atoms with E-state index < -0.39 is 0 Å². The van der Waals surface area contributed by atoms with Crippen molar-refractivity contribution in [1.82, 2.24) is 9.97 Å². The predicted molar refractivity (Wildman–Crippen MR) is 76.2 cm³/mol. The minimum absolute atomic E-state index is 0.0766. The molecule has 1 aromatic carbocycles. The first-order valence-electron chi connectivity index (χ1n) is 6.13. The van der Waals surface area contributed by atoms with E-state index >= 15 is 0 Å². The Morgan fingerprint density at radius 2 is 2.00 bits per heavy atom. The van der Waals surface area contributed by atoms with Crippen molar-refractivity contribution in [2.45, 2.75) is 19.8 Å². The van der Waals surface area contributed by atoms with Crippen LogP contribution in [0.2, 0.25) is 5.02 Å². The van der Waals surface area contributed by atoms with Crippen molar-refractivity contribution in [1.29, 1.82) is 0 Å². The van der Waals surface area contributed by atoms with Crippen molar-refractivity contribution in [3.05, 3.63) is 47.2 Å². The molecular formula is C14H16ClN3O. The van der Waals surface area contributed by atoms with Crippen molar-refractivity contribution in [2.75, 3.05) is 5.32 Å². The van der Waals surface area contributed by atoms with Gasteiger partial charge in [0.05, 0.1) is 5.92 Å². The zero-order chi connectivity index (χ0) is 13.8. The number of carbonyl (C=O) groups is 1. The van der Waals surface area contributed by atoms with Crippen LogP contribution in [0.25, 0.3) is 0 Å². The van der Waals surface area contributed by atoms with E-state index in [1.807, 2.05) is 26.0 Å². The molecule has 0 aliphatic rings. The molecule has 0 aliphatic carbocycles. The number of nitrogens with zero attached hydrogens (tertiary/aromatic N) is 1. The largest absolute Gasteiger partial charge is 0.331 e. The number of rotatable bonds is 4. The summed E-state index contributed by atoms with van der Waals surface area (Å²) >= 11 is 5.88. The van der Waals surface area contributed by atoms with Crippen LogP contribution in [-0.4, -0.2) is 15.9 Å². The van der Waals surface area contributed by atoms with Crippen LogP contribution in [0.5, 0.6) is 0 Å². The number of amides is 1.